The van der Waals surface area contributed by atoms with Crippen LogP contribution in [0.5, 0.6) is 0 Å². The number of nitrogens with one attached hydrogen (secondary N) is 3. The third-order valence-electron chi connectivity index (χ3n) is 4.34. The number of carbonyl (C=O) groups is 2. The first-order valence-corrected chi connectivity index (χ1v) is 9.29. The monoisotopic (exact) mass is 401 g/mol. The second kappa shape index (κ2) is 8.02. The fraction of sp³-hybridized carbons (Fsp3) is 0.238. The van der Waals surface area contributed by atoms with Crippen LogP contribution in [0.2, 0.25) is 5.02 Å². The maximum Gasteiger partial charge on any atom is 0.251 e. The Bertz CT molecular complexity index is 1060. The molecule has 0 spiro atoms. The van der Waals surface area contributed by atoms with E-state index in [2.05, 4.69) is 15.6 Å². The molecular weight excluding hydrogens is 381 g/mol. The highest BCUT2D eigenvalue weighted by Gasteiger charge is 2.16. The number of anilines is 1. The highest BCUT2D eigenvalue weighted by Crippen LogP contribution is 2.26. The van der Waals surface area contributed by atoms with E-state index in [1.807, 2.05) is 20.8 Å². The molecule has 2 aromatic carbocycles. The second-order valence-electron chi connectivity index (χ2n) is 6.97. The Kier molecular flexibility index (Phi) is 5.70. The third kappa shape index (κ3) is 4.34. The van der Waals surface area contributed by atoms with E-state index in [0.29, 0.717) is 21.7 Å². The summed E-state index contributed by atoms with van der Waals surface area (Å²) in [7, 11) is 0. The molecule has 0 bridgehead atoms. The van der Waals surface area contributed by atoms with Gasteiger partial charge in [-0.15, -0.1) is 0 Å². The highest BCUT2D eigenvalue weighted by atomic mass is 35.5. The van der Waals surface area contributed by atoms with E-state index in [0.717, 1.165) is 16.8 Å². The summed E-state index contributed by atoms with van der Waals surface area (Å²) in [5.41, 5.74) is 3.04. The van der Waals surface area contributed by atoms with Gasteiger partial charge in [-0.3, -0.25) is 9.59 Å². The highest BCUT2D eigenvalue weighted by molar-refractivity contribution is 6.34. The minimum absolute atomic E-state index is 0.00791. The van der Waals surface area contributed by atoms with Gasteiger partial charge in [0, 0.05) is 28.2 Å². The summed E-state index contributed by atoms with van der Waals surface area (Å²) in [6, 6.07) is 9.13. The van der Waals surface area contributed by atoms with Crippen LogP contribution in [0.15, 0.2) is 36.4 Å². The third-order valence-corrected chi connectivity index (χ3v) is 4.67. The fourth-order valence-corrected chi connectivity index (χ4v) is 3.21. The van der Waals surface area contributed by atoms with Gasteiger partial charge in [0.05, 0.1) is 17.1 Å². The molecule has 0 atom stereocenters. The van der Waals surface area contributed by atoms with Crippen molar-refractivity contribution in [2.45, 2.75) is 33.2 Å². The van der Waals surface area contributed by atoms with Gasteiger partial charge in [-0.1, -0.05) is 11.6 Å². The van der Waals surface area contributed by atoms with Crippen LogP contribution in [0.3, 0.4) is 0 Å². The molecule has 0 fully saturated rings. The normalized spacial score (nSPS) is 11.1. The van der Waals surface area contributed by atoms with Gasteiger partial charge >= 0.3 is 0 Å². The second-order valence-corrected chi connectivity index (χ2v) is 7.37. The minimum Gasteiger partial charge on any atom is -0.358 e. The number of hydrogen-bond donors (Lipinski definition) is 3. The van der Waals surface area contributed by atoms with Crippen LogP contribution in [-0.2, 0) is 11.2 Å². The SMILES string of the molecule is Cc1[nH]c2ccc(F)cc2c1CC(=O)Nc1cc(C(=O)NC(C)C)ccc1Cl. The Morgan fingerprint density at radius 3 is 2.64 bits per heavy atom. The average molecular weight is 402 g/mol. The molecule has 0 radical (unpaired) electrons. The number of aromatic amines is 1. The van der Waals surface area contributed by atoms with E-state index in [9.17, 15) is 14.0 Å². The molecule has 28 heavy (non-hydrogen) atoms. The first-order valence-electron chi connectivity index (χ1n) is 8.91. The summed E-state index contributed by atoms with van der Waals surface area (Å²) in [6.07, 6.45) is 0.0496. The zero-order valence-corrected chi connectivity index (χ0v) is 16.6. The van der Waals surface area contributed by atoms with Gasteiger partial charge in [-0.25, -0.2) is 4.39 Å². The lowest BCUT2D eigenvalue weighted by atomic mass is 10.1. The Hall–Kier alpha value is -2.86. The molecule has 3 N–H and O–H groups in total. The van der Waals surface area contributed by atoms with Crippen molar-refractivity contribution in [3.8, 4) is 0 Å². The zero-order chi connectivity index (χ0) is 20.4. The van der Waals surface area contributed by atoms with Crippen molar-refractivity contribution in [3.05, 3.63) is 64.1 Å². The van der Waals surface area contributed by atoms with Crippen molar-refractivity contribution in [1.29, 1.82) is 0 Å². The fourth-order valence-electron chi connectivity index (χ4n) is 3.05. The van der Waals surface area contributed by atoms with Gasteiger partial charge < -0.3 is 15.6 Å². The molecule has 0 aliphatic heterocycles. The van der Waals surface area contributed by atoms with Crippen molar-refractivity contribution < 1.29 is 14.0 Å². The standard InChI is InChI=1S/C21H21ClFN3O2/c1-11(2)24-21(28)13-4-6-17(22)19(8-13)26-20(27)10-15-12(3)25-18-7-5-14(23)9-16(15)18/h4-9,11,25H,10H2,1-3H3,(H,24,28)(H,26,27). The van der Waals surface area contributed by atoms with Crippen molar-refractivity contribution >= 4 is 40.0 Å². The number of rotatable bonds is 5. The number of fused-ring (bicyclic) bond motifs is 1. The maximum absolute atomic E-state index is 13.6. The van der Waals surface area contributed by atoms with E-state index in [1.165, 1.54) is 12.1 Å². The quantitative estimate of drug-likeness (QED) is 0.585. The van der Waals surface area contributed by atoms with E-state index in [1.54, 1.807) is 24.3 Å². The van der Waals surface area contributed by atoms with E-state index >= 15 is 0 Å². The van der Waals surface area contributed by atoms with E-state index in [4.69, 9.17) is 11.6 Å². The lowest BCUT2D eigenvalue weighted by Crippen LogP contribution is -2.30. The molecule has 0 unspecified atom stereocenters. The molecule has 0 saturated heterocycles. The Morgan fingerprint density at radius 2 is 1.93 bits per heavy atom. The van der Waals surface area contributed by atoms with Crippen molar-refractivity contribution in [3.63, 3.8) is 0 Å². The molecule has 5 nitrogen and oxygen atoms in total. The molecule has 146 valence electrons. The predicted molar refractivity (Wildman–Crippen MR) is 109 cm³/mol. The van der Waals surface area contributed by atoms with Gasteiger partial charge in [0.25, 0.3) is 5.91 Å². The molecule has 3 rings (SSSR count). The first-order chi connectivity index (χ1) is 13.2. The summed E-state index contributed by atoms with van der Waals surface area (Å²) in [4.78, 5) is 27.9. The molecule has 0 saturated carbocycles. The summed E-state index contributed by atoms with van der Waals surface area (Å²) < 4.78 is 13.6. The molecule has 0 aliphatic carbocycles. The number of H-pyrrole nitrogens is 1. The summed E-state index contributed by atoms with van der Waals surface area (Å²) in [5.74, 6) is -0.915. The summed E-state index contributed by atoms with van der Waals surface area (Å²) in [6.45, 7) is 5.57. The Labute approximate surface area is 167 Å². The van der Waals surface area contributed by atoms with Crippen molar-refractivity contribution in [2.75, 3.05) is 5.32 Å². The smallest absolute Gasteiger partial charge is 0.251 e. The maximum atomic E-state index is 13.6. The van der Waals surface area contributed by atoms with Crippen LogP contribution in [0.4, 0.5) is 10.1 Å². The molecule has 7 heteroatoms. The minimum atomic E-state index is -0.361. The van der Waals surface area contributed by atoms with Crippen molar-refractivity contribution in [2.24, 2.45) is 0 Å². The summed E-state index contributed by atoms with van der Waals surface area (Å²) >= 11 is 6.18. The molecule has 0 aliphatic rings. The number of benzene rings is 2. The van der Waals surface area contributed by atoms with Gasteiger partial charge in [0.2, 0.25) is 5.91 Å². The number of hydrogen-bond acceptors (Lipinski definition) is 2. The van der Waals surface area contributed by atoms with Gasteiger partial charge in [0.15, 0.2) is 0 Å². The molecular formula is C21H21ClFN3O2. The topological polar surface area (TPSA) is 74.0 Å². The summed E-state index contributed by atoms with van der Waals surface area (Å²) in [5, 5.41) is 6.54. The molecule has 2 amide bonds. The van der Waals surface area contributed by atoms with Crippen molar-refractivity contribution in [1.82, 2.24) is 10.3 Å². The van der Waals surface area contributed by atoms with Gasteiger partial charge in [-0.2, -0.15) is 0 Å². The number of carbonyl (C=O) groups excluding carboxylic acids is 2. The van der Waals surface area contributed by atoms with E-state index < -0.39 is 0 Å². The number of aryl methyl sites for hydroxylation is 1. The van der Waals surface area contributed by atoms with Gasteiger partial charge in [0.1, 0.15) is 5.82 Å². The van der Waals surface area contributed by atoms with Gasteiger partial charge in [-0.05, 0) is 62.7 Å². The Balaban J connectivity index is 1.81. The first kappa shape index (κ1) is 19.9. The molecule has 1 aromatic heterocycles. The molecule has 3 aromatic rings. The predicted octanol–water partition coefficient (Wildman–Crippen LogP) is 4.59. The van der Waals surface area contributed by atoms with E-state index in [-0.39, 0.29) is 30.1 Å². The van der Waals surface area contributed by atoms with Crippen LogP contribution < -0.4 is 10.6 Å². The zero-order valence-electron chi connectivity index (χ0n) is 15.8. The lowest BCUT2D eigenvalue weighted by Gasteiger charge is -2.12. The number of aromatic nitrogens is 1. The van der Waals surface area contributed by atoms with Crippen LogP contribution in [0, 0.1) is 12.7 Å². The lowest BCUT2D eigenvalue weighted by molar-refractivity contribution is -0.115. The molecule has 1 heterocycles. The van der Waals surface area contributed by atoms with Crippen LogP contribution >= 0.6 is 11.6 Å². The largest absolute Gasteiger partial charge is 0.358 e. The van der Waals surface area contributed by atoms with Crippen LogP contribution in [-0.4, -0.2) is 22.8 Å². The van der Waals surface area contributed by atoms with Crippen LogP contribution in [0.1, 0.15) is 35.5 Å². The average Bonchev–Trinajstić information content (AvgIpc) is 2.91. The number of halogens is 2. The Morgan fingerprint density at radius 1 is 1.18 bits per heavy atom. The number of amides is 2. The van der Waals surface area contributed by atoms with Crippen LogP contribution in [0.25, 0.3) is 10.9 Å².